The Morgan fingerprint density at radius 3 is 2.93 bits per heavy atom. The third-order valence-electron chi connectivity index (χ3n) is 2.64. The first-order chi connectivity index (χ1) is 7.33. The molecule has 15 heavy (non-hydrogen) atoms. The van der Waals surface area contributed by atoms with Gasteiger partial charge in [-0.3, -0.25) is 0 Å². The predicted molar refractivity (Wildman–Crippen MR) is 60.6 cm³/mol. The second kappa shape index (κ2) is 3.43. The van der Waals surface area contributed by atoms with Gasteiger partial charge in [0.15, 0.2) is 0 Å². The summed E-state index contributed by atoms with van der Waals surface area (Å²) >= 11 is 5.90. The molecule has 4 heteroatoms. The lowest BCUT2D eigenvalue weighted by molar-refractivity contribution is 0.144. The van der Waals surface area contributed by atoms with Crippen molar-refractivity contribution in [2.75, 3.05) is 13.1 Å². The van der Waals surface area contributed by atoms with Gasteiger partial charge in [0.1, 0.15) is 11.9 Å². The minimum atomic E-state index is 0.305. The van der Waals surface area contributed by atoms with Crippen LogP contribution in [0.1, 0.15) is 0 Å². The van der Waals surface area contributed by atoms with Gasteiger partial charge in [-0.15, -0.1) is 0 Å². The van der Waals surface area contributed by atoms with Gasteiger partial charge < -0.3 is 15.0 Å². The molecule has 0 radical (unpaired) electrons. The minimum absolute atomic E-state index is 0.305. The lowest BCUT2D eigenvalue weighted by Crippen LogP contribution is -2.50. The van der Waals surface area contributed by atoms with E-state index >= 15 is 0 Å². The Morgan fingerprint density at radius 2 is 2.20 bits per heavy atom. The number of halogens is 1. The van der Waals surface area contributed by atoms with Crippen LogP contribution >= 0.6 is 11.6 Å². The highest BCUT2D eigenvalue weighted by Gasteiger charge is 2.19. The van der Waals surface area contributed by atoms with E-state index in [1.54, 1.807) is 0 Å². The number of hydrogen-bond acceptors (Lipinski definition) is 2. The molecule has 3 nitrogen and oxygen atoms in total. The standard InChI is InChI=1S/C11H11ClN2O/c12-7-1-2-9-10(3-7)14-6-11(9)15-8-4-13-5-8/h1-3,6,8,13-14H,4-5H2. The van der Waals surface area contributed by atoms with Gasteiger partial charge in [0, 0.05) is 29.7 Å². The van der Waals surface area contributed by atoms with Gasteiger partial charge in [0.05, 0.1) is 5.52 Å². The Balaban J connectivity index is 1.96. The van der Waals surface area contributed by atoms with Crippen LogP contribution in [-0.2, 0) is 0 Å². The predicted octanol–water partition coefficient (Wildman–Crippen LogP) is 2.17. The van der Waals surface area contributed by atoms with Crippen molar-refractivity contribution in [1.29, 1.82) is 0 Å². The summed E-state index contributed by atoms with van der Waals surface area (Å²) in [4.78, 5) is 3.15. The van der Waals surface area contributed by atoms with Gasteiger partial charge in [-0.2, -0.15) is 0 Å². The van der Waals surface area contributed by atoms with E-state index in [2.05, 4.69) is 10.3 Å². The molecule has 0 unspecified atom stereocenters. The van der Waals surface area contributed by atoms with Gasteiger partial charge in [-0.05, 0) is 18.2 Å². The fraction of sp³-hybridized carbons (Fsp3) is 0.273. The van der Waals surface area contributed by atoms with Gasteiger partial charge in [-0.25, -0.2) is 0 Å². The number of benzene rings is 1. The van der Waals surface area contributed by atoms with Crippen LogP contribution in [0, 0.1) is 0 Å². The van der Waals surface area contributed by atoms with Crippen molar-refractivity contribution in [3.8, 4) is 5.75 Å². The molecule has 0 saturated carbocycles. The number of H-pyrrole nitrogens is 1. The highest BCUT2D eigenvalue weighted by atomic mass is 35.5. The Morgan fingerprint density at radius 1 is 1.33 bits per heavy atom. The van der Waals surface area contributed by atoms with Crippen molar-refractivity contribution < 1.29 is 4.74 Å². The van der Waals surface area contributed by atoms with Crippen molar-refractivity contribution in [3.05, 3.63) is 29.4 Å². The van der Waals surface area contributed by atoms with Crippen molar-refractivity contribution >= 4 is 22.5 Å². The smallest absolute Gasteiger partial charge is 0.145 e. The van der Waals surface area contributed by atoms with E-state index in [0.29, 0.717) is 6.10 Å². The number of ether oxygens (including phenoxy) is 1. The molecule has 1 aliphatic heterocycles. The molecule has 0 spiro atoms. The molecule has 2 aromatic rings. The van der Waals surface area contributed by atoms with Gasteiger partial charge in [-0.1, -0.05) is 11.6 Å². The molecule has 0 aliphatic carbocycles. The Labute approximate surface area is 92.4 Å². The van der Waals surface area contributed by atoms with Crippen molar-refractivity contribution in [2.45, 2.75) is 6.10 Å². The van der Waals surface area contributed by atoms with Gasteiger partial charge >= 0.3 is 0 Å². The number of aromatic nitrogens is 1. The third kappa shape index (κ3) is 1.58. The van der Waals surface area contributed by atoms with E-state index in [0.717, 1.165) is 34.8 Å². The van der Waals surface area contributed by atoms with Crippen LogP contribution in [0.5, 0.6) is 5.75 Å². The molecule has 0 atom stereocenters. The van der Waals surface area contributed by atoms with Crippen LogP contribution < -0.4 is 10.1 Å². The topological polar surface area (TPSA) is 37.0 Å². The first-order valence-electron chi connectivity index (χ1n) is 4.97. The molecular weight excluding hydrogens is 212 g/mol. The van der Waals surface area contributed by atoms with Gasteiger partial charge in [0.2, 0.25) is 0 Å². The first kappa shape index (κ1) is 9.07. The molecule has 1 aromatic heterocycles. The van der Waals surface area contributed by atoms with Crippen LogP contribution in [0.25, 0.3) is 10.9 Å². The summed E-state index contributed by atoms with van der Waals surface area (Å²) in [5.74, 6) is 0.910. The quantitative estimate of drug-likeness (QED) is 0.817. The van der Waals surface area contributed by atoms with E-state index in [4.69, 9.17) is 16.3 Å². The monoisotopic (exact) mass is 222 g/mol. The fourth-order valence-electron chi connectivity index (χ4n) is 1.69. The van der Waals surface area contributed by atoms with Crippen molar-refractivity contribution in [3.63, 3.8) is 0 Å². The number of rotatable bonds is 2. The maximum Gasteiger partial charge on any atom is 0.145 e. The minimum Gasteiger partial charge on any atom is -0.486 e. The van der Waals surface area contributed by atoms with Crippen molar-refractivity contribution in [1.82, 2.24) is 10.3 Å². The molecule has 1 aliphatic rings. The maximum atomic E-state index is 5.90. The number of aromatic amines is 1. The number of hydrogen-bond donors (Lipinski definition) is 2. The molecule has 0 amide bonds. The first-order valence-corrected chi connectivity index (χ1v) is 5.35. The third-order valence-corrected chi connectivity index (χ3v) is 2.88. The summed E-state index contributed by atoms with van der Waals surface area (Å²) < 4.78 is 5.81. The van der Waals surface area contributed by atoms with E-state index in [9.17, 15) is 0 Å². The second-order valence-corrected chi connectivity index (χ2v) is 4.18. The SMILES string of the molecule is Clc1ccc2c(OC3CNC3)c[nH]c2c1. The van der Waals surface area contributed by atoms with Crippen LogP contribution in [0.2, 0.25) is 5.02 Å². The summed E-state index contributed by atoms with van der Waals surface area (Å²) in [7, 11) is 0. The highest BCUT2D eigenvalue weighted by molar-refractivity contribution is 6.31. The van der Waals surface area contributed by atoms with Gasteiger partial charge in [0.25, 0.3) is 0 Å². The molecule has 78 valence electrons. The summed E-state index contributed by atoms with van der Waals surface area (Å²) in [5.41, 5.74) is 1.02. The summed E-state index contributed by atoms with van der Waals surface area (Å²) in [6, 6.07) is 5.77. The molecule has 2 N–H and O–H groups in total. The summed E-state index contributed by atoms with van der Waals surface area (Å²) in [6.45, 7) is 1.86. The zero-order valence-corrected chi connectivity index (χ0v) is 8.84. The maximum absolute atomic E-state index is 5.90. The Bertz CT molecular complexity index is 490. The normalized spacial score (nSPS) is 16.6. The fourth-order valence-corrected chi connectivity index (χ4v) is 1.87. The molecule has 1 saturated heterocycles. The molecule has 1 aromatic carbocycles. The molecule has 0 bridgehead atoms. The zero-order chi connectivity index (χ0) is 10.3. The van der Waals surface area contributed by atoms with Crippen LogP contribution in [0.4, 0.5) is 0 Å². The lowest BCUT2D eigenvalue weighted by atomic mass is 10.2. The average molecular weight is 223 g/mol. The number of fused-ring (bicyclic) bond motifs is 1. The molecular formula is C11H11ClN2O. The van der Waals surface area contributed by atoms with Crippen LogP contribution in [0.15, 0.2) is 24.4 Å². The highest BCUT2D eigenvalue weighted by Crippen LogP contribution is 2.28. The molecule has 2 heterocycles. The van der Waals surface area contributed by atoms with E-state index in [-0.39, 0.29) is 0 Å². The largest absolute Gasteiger partial charge is 0.486 e. The molecule has 3 rings (SSSR count). The average Bonchev–Trinajstić information content (AvgIpc) is 2.54. The summed E-state index contributed by atoms with van der Waals surface area (Å²) in [6.07, 6.45) is 2.19. The van der Waals surface area contributed by atoms with E-state index < -0.39 is 0 Å². The van der Waals surface area contributed by atoms with E-state index in [1.165, 1.54) is 0 Å². The second-order valence-electron chi connectivity index (χ2n) is 3.74. The van der Waals surface area contributed by atoms with Crippen LogP contribution in [0.3, 0.4) is 0 Å². The lowest BCUT2D eigenvalue weighted by Gasteiger charge is -2.27. The Kier molecular flexibility index (Phi) is 2.08. The summed E-state index contributed by atoms with van der Waals surface area (Å²) in [5, 5.41) is 5.00. The van der Waals surface area contributed by atoms with Crippen molar-refractivity contribution in [2.24, 2.45) is 0 Å². The Hall–Kier alpha value is -1.19. The van der Waals surface area contributed by atoms with E-state index in [1.807, 2.05) is 24.4 Å². The number of nitrogens with one attached hydrogen (secondary N) is 2. The zero-order valence-electron chi connectivity index (χ0n) is 8.09. The molecule has 1 fully saturated rings. The van der Waals surface area contributed by atoms with Crippen LogP contribution in [-0.4, -0.2) is 24.2 Å².